The molecule has 3 heterocycles. The molecule has 1 amide bonds. The Bertz CT molecular complexity index is 474. The van der Waals surface area contributed by atoms with Gasteiger partial charge in [0.1, 0.15) is 0 Å². The summed E-state index contributed by atoms with van der Waals surface area (Å²) in [5.74, 6) is -0.00942. The maximum absolute atomic E-state index is 12.4. The third-order valence-electron chi connectivity index (χ3n) is 4.24. The maximum atomic E-state index is 12.4. The Morgan fingerprint density at radius 2 is 2.10 bits per heavy atom. The van der Waals surface area contributed by atoms with Gasteiger partial charge >= 0.3 is 0 Å². The number of rotatable bonds is 3. The molecule has 1 aromatic rings. The minimum atomic E-state index is -0.160. The van der Waals surface area contributed by atoms with E-state index >= 15 is 0 Å². The Kier molecular flexibility index (Phi) is 4.48. The molecule has 2 atom stereocenters. The van der Waals surface area contributed by atoms with Crippen LogP contribution in [0.25, 0.3) is 0 Å². The molecule has 114 valence electrons. The molecule has 1 aromatic heterocycles. The fourth-order valence-electron chi connectivity index (χ4n) is 2.91. The fraction of sp³-hybridized carbons (Fsp3) is 0.600. The first-order valence-electron chi connectivity index (χ1n) is 7.48. The van der Waals surface area contributed by atoms with Gasteiger partial charge in [0.15, 0.2) is 0 Å². The first kappa shape index (κ1) is 14.4. The lowest BCUT2D eigenvalue weighted by atomic mass is 10.0. The van der Waals surface area contributed by atoms with E-state index in [4.69, 9.17) is 10.5 Å². The van der Waals surface area contributed by atoms with Crippen molar-refractivity contribution in [2.24, 2.45) is 11.7 Å². The van der Waals surface area contributed by atoms with Gasteiger partial charge in [0, 0.05) is 45.0 Å². The lowest BCUT2D eigenvalue weighted by Crippen LogP contribution is -2.52. The van der Waals surface area contributed by atoms with Crippen molar-refractivity contribution in [1.29, 1.82) is 0 Å². The van der Waals surface area contributed by atoms with Crippen LogP contribution in [0.5, 0.6) is 0 Å². The Labute approximate surface area is 124 Å². The van der Waals surface area contributed by atoms with Gasteiger partial charge in [0.2, 0.25) is 5.91 Å². The van der Waals surface area contributed by atoms with E-state index < -0.39 is 0 Å². The van der Waals surface area contributed by atoms with Crippen LogP contribution in [0.4, 0.5) is 0 Å². The highest BCUT2D eigenvalue weighted by atomic mass is 16.5. The molecule has 2 unspecified atom stereocenters. The molecule has 2 saturated heterocycles. The average Bonchev–Trinajstić information content (AvgIpc) is 2.94. The molecule has 6 heteroatoms. The van der Waals surface area contributed by atoms with Crippen molar-refractivity contribution in [2.45, 2.75) is 12.6 Å². The molecule has 2 fully saturated rings. The van der Waals surface area contributed by atoms with Crippen molar-refractivity contribution >= 4 is 5.91 Å². The number of pyridine rings is 1. The molecule has 0 radical (unpaired) electrons. The van der Waals surface area contributed by atoms with Crippen LogP contribution in [-0.4, -0.2) is 66.1 Å². The first-order chi connectivity index (χ1) is 10.2. The number of nitrogens with two attached hydrogens (primary N) is 1. The van der Waals surface area contributed by atoms with Crippen LogP contribution in [-0.2, 0) is 16.1 Å². The number of carbonyl (C=O) groups is 1. The minimum absolute atomic E-state index is 0.149. The third-order valence-corrected chi connectivity index (χ3v) is 4.24. The molecule has 2 N–H and O–H groups in total. The van der Waals surface area contributed by atoms with E-state index in [0.717, 1.165) is 38.4 Å². The van der Waals surface area contributed by atoms with Crippen molar-refractivity contribution in [3.05, 3.63) is 30.1 Å². The van der Waals surface area contributed by atoms with E-state index in [1.165, 1.54) is 0 Å². The number of carbonyl (C=O) groups excluding carboxylic acids is 1. The van der Waals surface area contributed by atoms with E-state index in [0.29, 0.717) is 13.2 Å². The number of amides is 1. The van der Waals surface area contributed by atoms with Gasteiger partial charge < -0.3 is 15.4 Å². The number of piperazine rings is 1. The number of ether oxygens (including phenoxy) is 1. The lowest BCUT2D eigenvalue weighted by Gasteiger charge is -2.36. The normalized spacial score (nSPS) is 27.0. The highest BCUT2D eigenvalue weighted by molar-refractivity contribution is 5.80. The van der Waals surface area contributed by atoms with Gasteiger partial charge in [0.25, 0.3) is 0 Å². The predicted molar refractivity (Wildman–Crippen MR) is 78.4 cm³/mol. The van der Waals surface area contributed by atoms with E-state index in [-0.39, 0.29) is 17.9 Å². The zero-order valence-electron chi connectivity index (χ0n) is 12.1. The van der Waals surface area contributed by atoms with Gasteiger partial charge in [-0.3, -0.25) is 14.7 Å². The van der Waals surface area contributed by atoms with Gasteiger partial charge in [-0.1, -0.05) is 6.07 Å². The molecule has 0 spiro atoms. The van der Waals surface area contributed by atoms with E-state index in [1.807, 2.05) is 29.3 Å². The predicted octanol–water partition coefficient (Wildman–Crippen LogP) is -0.300. The number of nitrogens with zero attached hydrogens (tertiary/aromatic N) is 3. The van der Waals surface area contributed by atoms with Crippen LogP contribution in [0.15, 0.2) is 24.4 Å². The zero-order chi connectivity index (χ0) is 14.7. The summed E-state index contributed by atoms with van der Waals surface area (Å²) in [4.78, 5) is 21.0. The van der Waals surface area contributed by atoms with E-state index in [1.54, 1.807) is 0 Å². The Balaban J connectivity index is 1.50. The van der Waals surface area contributed by atoms with Crippen LogP contribution >= 0.6 is 0 Å². The largest absolute Gasteiger partial charge is 0.379 e. The Morgan fingerprint density at radius 1 is 1.29 bits per heavy atom. The summed E-state index contributed by atoms with van der Waals surface area (Å²) in [6.07, 6.45) is 1.82. The van der Waals surface area contributed by atoms with Crippen LogP contribution in [0, 0.1) is 5.92 Å². The van der Waals surface area contributed by atoms with Crippen molar-refractivity contribution < 1.29 is 9.53 Å². The van der Waals surface area contributed by atoms with Crippen LogP contribution in [0.1, 0.15) is 5.69 Å². The standard InChI is InChI=1S/C15H22N4O2/c16-14-11-21-10-13(14)15(20)19-7-5-18(6-8-19)9-12-3-1-2-4-17-12/h1-4,13-14H,5-11,16H2. The molecule has 0 saturated carbocycles. The molecule has 3 rings (SSSR count). The molecule has 0 aliphatic carbocycles. The molecule has 0 aromatic carbocycles. The van der Waals surface area contributed by atoms with Crippen LogP contribution < -0.4 is 5.73 Å². The average molecular weight is 290 g/mol. The van der Waals surface area contributed by atoms with E-state index in [9.17, 15) is 4.79 Å². The third kappa shape index (κ3) is 3.40. The molecule has 2 aliphatic heterocycles. The summed E-state index contributed by atoms with van der Waals surface area (Å²) in [5.41, 5.74) is 7.00. The number of hydrogen-bond donors (Lipinski definition) is 1. The summed E-state index contributed by atoms with van der Waals surface area (Å²) in [6.45, 7) is 5.08. The van der Waals surface area contributed by atoms with Gasteiger partial charge in [-0.15, -0.1) is 0 Å². The summed E-state index contributed by atoms with van der Waals surface area (Å²) in [7, 11) is 0. The molecular weight excluding hydrogens is 268 g/mol. The summed E-state index contributed by atoms with van der Waals surface area (Å²) in [6, 6.07) is 5.81. The SMILES string of the molecule is NC1COCC1C(=O)N1CCN(Cc2ccccn2)CC1. The number of aromatic nitrogens is 1. The van der Waals surface area contributed by atoms with Crippen LogP contribution in [0.3, 0.4) is 0 Å². The van der Waals surface area contributed by atoms with Gasteiger partial charge in [-0.2, -0.15) is 0 Å². The minimum Gasteiger partial charge on any atom is -0.379 e. The molecule has 0 bridgehead atoms. The molecule has 6 nitrogen and oxygen atoms in total. The van der Waals surface area contributed by atoms with Crippen molar-refractivity contribution in [1.82, 2.24) is 14.8 Å². The molecule has 2 aliphatic rings. The van der Waals surface area contributed by atoms with E-state index in [2.05, 4.69) is 9.88 Å². The first-order valence-corrected chi connectivity index (χ1v) is 7.48. The monoisotopic (exact) mass is 290 g/mol. The molecular formula is C15H22N4O2. The smallest absolute Gasteiger partial charge is 0.229 e. The maximum Gasteiger partial charge on any atom is 0.229 e. The Morgan fingerprint density at radius 3 is 2.71 bits per heavy atom. The summed E-state index contributed by atoms with van der Waals surface area (Å²) < 4.78 is 5.29. The van der Waals surface area contributed by atoms with Crippen molar-refractivity contribution in [3.8, 4) is 0 Å². The van der Waals surface area contributed by atoms with Crippen molar-refractivity contribution in [3.63, 3.8) is 0 Å². The summed E-state index contributed by atoms with van der Waals surface area (Å²) in [5, 5.41) is 0. The fourth-order valence-corrected chi connectivity index (χ4v) is 2.91. The zero-order valence-corrected chi connectivity index (χ0v) is 12.1. The quantitative estimate of drug-likeness (QED) is 0.827. The topological polar surface area (TPSA) is 71.7 Å². The highest BCUT2D eigenvalue weighted by Gasteiger charge is 2.35. The van der Waals surface area contributed by atoms with Crippen LogP contribution in [0.2, 0.25) is 0 Å². The highest BCUT2D eigenvalue weighted by Crippen LogP contribution is 2.16. The lowest BCUT2D eigenvalue weighted by molar-refractivity contribution is -0.137. The van der Waals surface area contributed by atoms with Gasteiger partial charge in [-0.05, 0) is 12.1 Å². The molecule has 21 heavy (non-hydrogen) atoms. The van der Waals surface area contributed by atoms with Crippen molar-refractivity contribution in [2.75, 3.05) is 39.4 Å². The second-order valence-corrected chi connectivity index (χ2v) is 5.73. The van der Waals surface area contributed by atoms with Gasteiger partial charge in [0.05, 0.1) is 24.8 Å². The second-order valence-electron chi connectivity index (χ2n) is 5.73. The van der Waals surface area contributed by atoms with Gasteiger partial charge in [-0.25, -0.2) is 0 Å². The Hall–Kier alpha value is -1.50. The summed E-state index contributed by atoms with van der Waals surface area (Å²) >= 11 is 0. The second kappa shape index (κ2) is 6.51. The number of hydrogen-bond acceptors (Lipinski definition) is 5.